The molecular weight excluding hydrogens is 456 g/mol. The highest BCUT2D eigenvalue weighted by atomic mass is 16.6. The number of nitrogens with one attached hydrogen (secondary N) is 2. The minimum Gasteiger partial charge on any atom is -0.493 e. The molecule has 0 spiro atoms. The molecule has 0 radical (unpaired) electrons. The van der Waals surface area contributed by atoms with Crippen LogP contribution in [-0.2, 0) is 16.0 Å². The van der Waals surface area contributed by atoms with Crippen LogP contribution in [0.15, 0.2) is 78.9 Å². The van der Waals surface area contributed by atoms with E-state index in [1.165, 1.54) is 12.5 Å². The van der Waals surface area contributed by atoms with Crippen LogP contribution in [0, 0.1) is 0 Å². The summed E-state index contributed by atoms with van der Waals surface area (Å²) in [5, 5.41) is 15.3. The lowest BCUT2D eigenvalue weighted by Gasteiger charge is -2.29. The smallest absolute Gasteiger partial charge is 0.408 e. The SMILES string of the molecule is CC(C)(C)OC(=O)N[C@@](C)(CO)C(=O)Nc1cc(OCCc2ccccc2)ccc1-c1ccccc1. The predicted molar refractivity (Wildman–Crippen MR) is 141 cm³/mol. The molecule has 0 bridgehead atoms. The summed E-state index contributed by atoms with van der Waals surface area (Å²) < 4.78 is 11.2. The zero-order valence-electron chi connectivity index (χ0n) is 21.2. The molecule has 0 aliphatic heterocycles. The normalized spacial score (nSPS) is 12.8. The van der Waals surface area contributed by atoms with E-state index in [0.717, 1.165) is 17.5 Å². The summed E-state index contributed by atoms with van der Waals surface area (Å²) in [6.07, 6.45) is -0.0544. The van der Waals surface area contributed by atoms with Crippen LogP contribution in [0.25, 0.3) is 11.1 Å². The third kappa shape index (κ3) is 7.58. The number of anilines is 1. The molecular formula is C29H34N2O5. The number of aliphatic hydroxyl groups excluding tert-OH is 1. The Labute approximate surface area is 212 Å². The second kappa shape index (κ2) is 11.7. The molecule has 0 saturated carbocycles. The predicted octanol–water partition coefficient (Wildman–Crippen LogP) is 5.19. The summed E-state index contributed by atoms with van der Waals surface area (Å²) in [4.78, 5) is 25.6. The molecule has 1 atom stereocenters. The van der Waals surface area contributed by atoms with Crippen molar-refractivity contribution in [2.75, 3.05) is 18.5 Å². The monoisotopic (exact) mass is 490 g/mol. The van der Waals surface area contributed by atoms with Gasteiger partial charge in [0.25, 0.3) is 5.91 Å². The molecule has 7 nitrogen and oxygen atoms in total. The van der Waals surface area contributed by atoms with Crippen LogP contribution in [0.1, 0.15) is 33.3 Å². The van der Waals surface area contributed by atoms with Gasteiger partial charge in [-0.05, 0) is 51.0 Å². The fourth-order valence-electron chi connectivity index (χ4n) is 3.47. The van der Waals surface area contributed by atoms with Crippen LogP contribution in [0.5, 0.6) is 5.75 Å². The molecule has 0 aromatic heterocycles. The first-order chi connectivity index (χ1) is 17.1. The second-order valence-electron chi connectivity index (χ2n) is 9.73. The number of hydrogen-bond acceptors (Lipinski definition) is 5. The topological polar surface area (TPSA) is 96.9 Å². The molecule has 0 fully saturated rings. The number of amides is 2. The Morgan fingerprint density at radius 2 is 1.53 bits per heavy atom. The van der Waals surface area contributed by atoms with Gasteiger partial charge in [-0.2, -0.15) is 0 Å². The number of aliphatic hydroxyl groups is 1. The molecule has 3 N–H and O–H groups in total. The van der Waals surface area contributed by atoms with E-state index in [4.69, 9.17) is 9.47 Å². The van der Waals surface area contributed by atoms with Crippen molar-refractivity contribution in [1.82, 2.24) is 5.32 Å². The number of rotatable bonds is 9. The first-order valence-electron chi connectivity index (χ1n) is 11.9. The minimum atomic E-state index is -1.61. The van der Waals surface area contributed by atoms with Gasteiger partial charge in [-0.1, -0.05) is 60.7 Å². The van der Waals surface area contributed by atoms with Gasteiger partial charge < -0.3 is 25.2 Å². The zero-order chi connectivity index (χ0) is 26.2. The van der Waals surface area contributed by atoms with Gasteiger partial charge in [-0.25, -0.2) is 4.79 Å². The molecule has 3 rings (SSSR count). The summed E-state index contributed by atoms with van der Waals surface area (Å²) >= 11 is 0. The first kappa shape index (κ1) is 26.8. The Kier molecular flexibility index (Phi) is 8.72. The maximum absolute atomic E-state index is 13.3. The van der Waals surface area contributed by atoms with E-state index in [0.29, 0.717) is 18.0 Å². The van der Waals surface area contributed by atoms with Gasteiger partial charge in [0.1, 0.15) is 16.9 Å². The van der Waals surface area contributed by atoms with Gasteiger partial charge in [0.15, 0.2) is 0 Å². The number of alkyl carbamates (subject to hydrolysis) is 1. The molecule has 0 aliphatic rings. The fraction of sp³-hybridized carbons (Fsp3) is 0.310. The molecule has 36 heavy (non-hydrogen) atoms. The van der Waals surface area contributed by atoms with Crippen LogP contribution in [0.3, 0.4) is 0 Å². The van der Waals surface area contributed by atoms with Crippen LogP contribution in [0.4, 0.5) is 10.5 Å². The quantitative estimate of drug-likeness (QED) is 0.384. The highest BCUT2D eigenvalue weighted by Gasteiger charge is 2.36. The Morgan fingerprint density at radius 3 is 2.14 bits per heavy atom. The lowest BCUT2D eigenvalue weighted by molar-refractivity contribution is -0.123. The standard InChI is InChI=1S/C29H34N2O5/c1-28(2,3)36-27(34)31-29(4,20-32)26(33)30-25-19-23(35-18-17-21-11-7-5-8-12-21)15-16-24(25)22-13-9-6-10-14-22/h5-16,19,32H,17-18,20H2,1-4H3,(H,30,33)(H,31,34)/t29-/m0/s1. The molecule has 7 heteroatoms. The molecule has 0 unspecified atom stereocenters. The van der Waals surface area contributed by atoms with Crippen molar-refractivity contribution >= 4 is 17.7 Å². The van der Waals surface area contributed by atoms with Crippen molar-refractivity contribution in [2.24, 2.45) is 0 Å². The third-order valence-electron chi connectivity index (χ3n) is 5.42. The van der Waals surface area contributed by atoms with Crippen LogP contribution in [0.2, 0.25) is 0 Å². The van der Waals surface area contributed by atoms with E-state index < -0.39 is 29.7 Å². The van der Waals surface area contributed by atoms with E-state index >= 15 is 0 Å². The van der Waals surface area contributed by atoms with Crippen molar-refractivity contribution < 1.29 is 24.2 Å². The maximum Gasteiger partial charge on any atom is 0.408 e. The van der Waals surface area contributed by atoms with Crippen LogP contribution >= 0.6 is 0 Å². The van der Waals surface area contributed by atoms with Crippen molar-refractivity contribution in [1.29, 1.82) is 0 Å². The molecule has 0 heterocycles. The van der Waals surface area contributed by atoms with Gasteiger partial charge in [0, 0.05) is 18.1 Å². The Bertz CT molecular complexity index is 1160. The largest absolute Gasteiger partial charge is 0.493 e. The zero-order valence-corrected chi connectivity index (χ0v) is 21.2. The van der Waals surface area contributed by atoms with Crippen molar-refractivity contribution in [3.8, 4) is 16.9 Å². The highest BCUT2D eigenvalue weighted by molar-refractivity contribution is 6.02. The van der Waals surface area contributed by atoms with E-state index in [9.17, 15) is 14.7 Å². The van der Waals surface area contributed by atoms with Gasteiger partial charge in [0.2, 0.25) is 0 Å². The second-order valence-corrected chi connectivity index (χ2v) is 9.73. The highest BCUT2D eigenvalue weighted by Crippen LogP contribution is 2.32. The maximum atomic E-state index is 13.3. The van der Waals surface area contributed by atoms with E-state index in [1.54, 1.807) is 26.8 Å². The Morgan fingerprint density at radius 1 is 0.889 bits per heavy atom. The van der Waals surface area contributed by atoms with E-state index in [-0.39, 0.29) is 0 Å². The molecule has 0 aliphatic carbocycles. The van der Waals surface area contributed by atoms with Crippen molar-refractivity contribution in [3.05, 3.63) is 84.4 Å². The molecule has 3 aromatic rings. The van der Waals surface area contributed by atoms with E-state index in [1.807, 2.05) is 72.8 Å². The Hall–Kier alpha value is -3.84. The average Bonchev–Trinajstić information content (AvgIpc) is 2.84. The lowest BCUT2D eigenvalue weighted by atomic mass is 10.00. The Balaban J connectivity index is 1.82. The number of benzene rings is 3. The van der Waals surface area contributed by atoms with Crippen LogP contribution < -0.4 is 15.4 Å². The van der Waals surface area contributed by atoms with Crippen molar-refractivity contribution in [2.45, 2.75) is 45.3 Å². The summed E-state index contributed by atoms with van der Waals surface area (Å²) in [6, 6.07) is 25.1. The van der Waals surface area contributed by atoms with Crippen molar-refractivity contribution in [3.63, 3.8) is 0 Å². The van der Waals surface area contributed by atoms with Gasteiger partial charge in [-0.3, -0.25) is 4.79 Å². The van der Waals surface area contributed by atoms with Crippen LogP contribution in [-0.4, -0.2) is 41.5 Å². The summed E-state index contributed by atoms with van der Waals surface area (Å²) in [5.74, 6) is 0.00110. The summed E-state index contributed by atoms with van der Waals surface area (Å²) in [6.45, 7) is 6.45. The lowest BCUT2D eigenvalue weighted by Crippen LogP contribution is -2.58. The molecule has 190 valence electrons. The fourth-order valence-corrected chi connectivity index (χ4v) is 3.47. The molecule has 0 saturated heterocycles. The average molecular weight is 491 g/mol. The number of carbonyl (C=O) groups excluding carboxylic acids is 2. The number of hydrogen-bond donors (Lipinski definition) is 3. The summed E-state index contributed by atoms with van der Waals surface area (Å²) in [5.41, 5.74) is 0.975. The summed E-state index contributed by atoms with van der Waals surface area (Å²) in [7, 11) is 0. The van der Waals surface area contributed by atoms with Gasteiger partial charge in [0.05, 0.1) is 18.9 Å². The first-order valence-corrected chi connectivity index (χ1v) is 11.9. The molecule has 2 amide bonds. The van der Waals surface area contributed by atoms with Gasteiger partial charge in [-0.15, -0.1) is 0 Å². The number of ether oxygens (including phenoxy) is 2. The minimum absolute atomic E-state index is 0.469. The third-order valence-corrected chi connectivity index (χ3v) is 5.42. The number of carbonyl (C=O) groups is 2. The van der Waals surface area contributed by atoms with E-state index in [2.05, 4.69) is 10.6 Å². The van der Waals surface area contributed by atoms with Gasteiger partial charge >= 0.3 is 6.09 Å². The molecule has 3 aromatic carbocycles.